The largest absolute Gasteiger partial charge is 0.444 e. The van der Waals surface area contributed by atoms with E-state index in [0.29, 0.717) is 13.1 Å². The van der Waals surface area contributed by atoms with Crippen LogP contribution in [0.2, 0.25) is 0 Å². The molecule has 1 amide bonds. The molecule has 0 aliphatic carbocycles. The quantitative estimate of drug-likeness (QED) is 0.409. The van der Waals surface area contributed by atoms with Gasteiger partial charge in [-0.1, -0.05) is 5.11 Å². The van der Waals surface area contributed by atoms with Crippen molar-refractivity contribution >= 4 is 6.09 Å². The molecule has 0 unspecified atom stereocenters. The fraction of sp³-hybridized carbons (Fsp3) is 0.889. The summed E-state index contributed by atoms with van der Waals surface area (Å²) < 4.78 is 5.17. The van der Waals surface area contributed by atoms with Crippen molar-refractivity contribution in [2.45, 2.75) is 33.3 Å². The van der Waals surface area contributed by atoms with Crippen LogP contribution < -0.4 is 0 Å². The lowest BCUT2D eigenvalue weighted by Gasteiger charge is -2.26. The van der Waals surface area contributed by atoms with Crippen LogP contribution in [0.3, 0.4) is 0 Å². The molecular weight excluding hydrogens is 196 g/mol. The van der Waals surface area contributed by atoms with Crippen molar-refractivity contribution in [3.05, 3.63) is 10.4 Å². The van der Waals surface area contributed by atoms with Gasteiger partial charge in [-0.15, -0.1) is 0 Å². The lowest BCUT2D eigenvalue weighted by molar-refractivity contribution is 0.0266. The molecule has 0 heterocycles. The Kier molecular flexibility index (Phi) is 5.56. The second kappa shape index (κ2) is 6.14. The monoisotopic (exact) mass is 214 g/mol. The van der Waals surface area contributed by atoms with Crippen LogP contribution in [-0.4, -0.2) is 36.2 Å². The van der Waals surface area contributed by atoms with E-state index in [-0.39, 0.29) is 12.6 Å². The lowest BCUT2D eigenvalue weighted by Crippen LogP contribution is -2.38. The minimum atomic E-state index is -0.497. The summed E-state index contributed by atoms with van der Waals surface area (Å²) in [5.41, 5.74) is 7.60. The number of carbonyl (C=O) groups is 1. The van der Waals surface area contributed by atoms with Crippen LogP contribution in [0.25, 0.3) is 10.4 Å². The van der Waals surface area contributed by atoms with E-state index < -0.39 is 5.60 Å². The van der Waals surface area contributed by atoms with Gasteiger partial charge in [-0.05, 0) is 33.2 Å². The van der Waals surface area contributed by atoms with E-state index in [1.54, 1.807) is 0 Å². The number of azide groups is 1. The Labute approximate surface area is 89.8 Å². The zero-order chi connectivity index (χ0) is 11.9. The predicted molar refractivity (Wildman–Crippen MR) is 57.5 cm³/mol. The first-order valence-corrected chi connectivity index (χ1v) is 4.89. The smallest absolute Gasteiger partial charge is 0.410 e. The van der Waals surface area contributed by atoms with E-state index in [4.69, 9.17) is 10.3 Å². The number of amides is 1. The molecule has 0 radical (unpaired) electrons. The zero-order valence-electron chi connectivity index (χ0n) is 9.73. The molecule has 0 fully saturated rings. The Balaban J connectivity index is 4.16. The molecule has 6 heteroatoms. The van der Waals surface area contributed by atoms with Crippen LogP contribution in [0, 0.1) is 0 Å². The highest BCUT2D eigenvalue weighted by Crippen LogP contribution is 2.09. The van der Waals surface area contributed by atoms with Gasteiger partial charge >= 0.3 is 6.09 Å². The van der Waals surface area contributed by atoms with Gasteiger partial charge in [0.25, 0.3) is 0 Å². The third-order valence-electron chi connectivity index (χ3n) is 1.57. The van der Waals surface area contributed by atoms with Gasteiger partial charge in [-0.25, -0.2) is 4.79 Å². The van der Waals surface area contributed by atoms with E-state index in [2.05, 4.69) is 10.0 Å². The fourth-order valence-corrected chi connectivity index (χ4v) is 0.915. The highest BCUT2D eigenvalue weighted by molar-refractivity contribution is 5.68. The summed E-state index contributed by atoms with van der Waals surface area (Å²) in [7, 11) is 0. The Bertz CT molecular complexity index is 253. The molecule has 6 nitrogen and oxygen atoms in total. The summed E-state index contributed by atoms with van der Waals surface area (Å²) in [6.45, 7) is 8.47. The first kappa shape index (κ1) is 13.6. The summed E-state index contributed by atoms with van der Waals surface area (Å²) >= 11 is 0. The van der Waals surface area contributed by atoms with Crippen molar-refractivity contribution in [1.29, 1.82) is 0 Å². The van der Waals surface area contributed by atoms with Crippen LogP contribution in [0.15, 0.2) is 5.11 Å². The van der Waals surface area contributed by atoms with Crippen LogP contribution in [0.4, 0.5) is 4.79 Å². The minimum Gasteiger partial charge on any atom is -0.444 e. The van der Waals surface area contributed by atoms with Crippen molar-refractivity contribution < 1.29 is 9.53 Å². The molecule has 0 aromatic carbocycles. The van der Waals surface area contributed by atoms with E-state index in [1.165, 1.54) is 4.90 Å². The van der Waals surface area contributed by atoms with Crippen molar-refractivity contribution in [3.8, 4) is 0 Å². The number of hydrogen-bond donors (Lipinski definition) is 0. The number of ether oxygens (including phenoxy) is 1. The molecule has 0 atom stereocenters. The Morgan fingerprint density at radius 3 is 2.53 bits per heavy atom. The highest BCUT2D eigenvalue weighted by atomic mass is 16.6. The van der Waals surface area contributed by atoms with E-state index in [9.17, 15) is 4.79 Å². The van der Waals surface area contributed by atoms with Crippen molar-refractivity contribution in [2.75, 3.05) is 19.6 Å². The van der Waals surface area contributed by atoms with Gasteiger partial charge in [0, 0.05) is 24.5 Å². The molecule has 0 aliphatic rings. The average Bonchev–Trinajstić information content (AvgIpc) is 2.09. The maximum atomic E-state index is 11.6. The molecule has 0 aliphatic heterocycles. The first-order chi connectivity index (χ1) is 6.90. The Morgan fingerprint density at radius 1 is 1.53 bits per heavy atom. The van der Waals surface area contributed by atoms with Gasteiger partial charge in [0.1, 0.15) is 5.60 Å². The van der Waals surface area contributed by atoms with Gasteiger partial charge in [0.15, 0.2) is 0 Å². The summed E-state index contributed by atoms with van der Waals surface area (Å²) in [6.07, 6.45) is -0.377. The van der Waals surface area contributed by atoms with Crippen LogP contribution in [-0.2, 0) is 4.74 Å². The van der Waals surface area contributed by atoms with Crippen molar-refractivity contribution in [3.63, 3.8) is 0 Å². The molecule has 0 spiro atoms. The van der Waals surface area contributed by atoms with Gasteiger partial charge in [-0.3, -0.25) is 0 Å². The van der Waals surface area contributed by atoms with Crippen LogP contribution >= 0.6 is 0 Å². The topological polar surface area (TPSA) is 78.3 Å². The SMILES string of the molecule is CCN(CCN=[N+]=[N-])C(=O)OC(C)(C)C. The average molecular weight is 214 g/mol. The summed E-state index contributed by atoms with van der Waals surface area (Å²) in [5, 5.41) is 3.37. The Hall–Kier alpha value is -1.42. The van der Waals surface area contributed by atoms with Gasteiger partial charge in [0.2, 0.25) is 0 Å². The molecule has 0 rings (SSSR count). The van der Waals surface area contributed by atoms with E-state index in [1.807, 2.05) is 27.7 Å². The third kappa shape index (κ3) is 6.62. The van der Waals surface area contributed by atoms with E-state index in [0.717, 1.165) is 0 Å². The molecule has 0 saturated carbocycles. The standard InChI is InChI=1S/C9H18N4O2/c1-5-13(7-6-11-12-10)8(14)15-9(2,3)4/h5-7H2,1-4H3. The molecule has 86 valence electrons. The Morgan fingerprint density at radius 2 is 2.13 bits per heavy atom. The van der Waals surface area contributed by atoms with Crippen LogP contribution in [0.1, 0.15) is 27.7 Å². The lowest BCUT2D eigenvalue weighted by atomic mass is 10.2. The predicted octanol–water partition coefficient (Wildman–Crippen LogP) is 2.55. The van der Waals surface area contributed by atoms with E-state index >= 15 is 0 Å². The normalized spacial score (nSPS) is 10.4. The number of likely N-dealkylation sites (N-methyl/N-ethyl adjacent to an activating group) is 1. The van der Waals surface area contributed by atoms with Crippen LogP contribution in [0.5, 0.6) is 0 Å². The molecule has 0 bridgehead atoms. The fourth-order valence-electron chi connectivity index (χ4n) is 0.915. The second-order valence-corrected chi connectivity index (χ2v) is 4.01. The maximum absolute atomic E-state index is 11.6. The summed E-state index contributed by atoms with van der Waals surface area (Å²) in [4.78, 5) is 15.7. The molecule has 0 N–H and O–H groups in total. The number of nitrogens with zero attached hydrogens (tertiary/aromatic N) is 4. The number of hydrogen-bond acceptors (Lipinski definition) is 3. The van der Waals surface area contributed by atoms with Crippen molar-refractivity contribution in [2.24, 2.45) is 5.11 Å². The molecule has 0 aromatic heterocycles. The molecular formula is C9H18N4O2. The number of rotatable bonds is 4. The molecule has 15 heavy (non-hydrogen) atoms. The molecule has 0 saturated heterocycles. The second-order valence-electron chi connectivity index (χ2n) is 4.01. The summed E-state index contributed by atoms with van der Waals surface area (Å²) in [5.74, 6) is 0. The molecule has 0 aromatic rings. The minimum absolute atomic E-state index is 0.267. The third-order valence-corrected chi connectivity index (χ3v) is 1.57. The first-order valence-electron chi connectivity index (χ1n) is 4.89. The van der Waals surface area contributed by atoms with Crippen molar-refractivity contribution in [1.82, 2.24) is 4.90 Å². The maximum Gasteiger partial charge on any atom is 0.410 e. The van der Waals surface area contributed by atoms with Gasteiger partial charge in [-0.2, -0.15) is 0 Å². The summed E-state index contributed by atoms with van der Waals surface area (Å²) in [6, 6.07) is 0. The van der Waals surface area contributed by atoms with Gasteiger partial charge in [0.05, 0.1) is 0 Å². The number of carbonyl (C=O) groups excluding carboxylic acids is 1. The highest BCUT2D eigenvalue weighted by Gasteiger charge is 2.20. The zero-order valence-corrected chi connectivity index (χ0v) is 9.73. The van der Waals surface area contributed by atoms with Gasteiger partial charge < -0.3 is 9.64 Å².